The number of carbonyl (C=O) groups is 1. The van der Waals surface area contributed by atoms with E-state index in [0.717, 1.165) is 0 Å². The van der Waals surface area contributed by atoms with Crippen molar-refractivity contribution in [3.8, 4) is 5.75 Å². The molecule has 0 bridgehead atoms. The molecule has 14 heavy (non-hydrogen) atoms. The van der Waals surface area contributed by atoms with Gasteiger partial charge in [0.25, 0.3) is 0 Å². The number of benzene rings is 1. The van der Waals surface area contributed by atoms with Crippen molar-refractivity contribution in [1.82, 2.24) is 4.73 Å². The number of aromatic nitrogens is 1. The molecule has 0 aliphatic rings. The minimum atomic E-state index is -0.425. The van der Waals surface area contributed by atoms with Crippen molar-refractivity contribution in [3.63, 3.8) is 0 Å². The van der Waals surface area contributed by atoms with Gasteiger partial charge in [-0.2, -0.15) is 4.73 Å². The molecular formula is C10H9NO3. The highest BCUT2D eigenvalue weighted by atomic mass is 16.7. The molecule has 0 saturated heterocycles. The van der Waals surface area contributed by atoms with Crippen molar-refractivity contribution in [2.75, 3.05) is 0 Å². The highest BCUT2D eigenvalue weighted by Crippen LogP contribution is 2.25. The second kappa shape index (κ2) is 3.06. The van der Waals surface area contributed by atoms with Crippen molar-refractivity contribution in [2.24, 2.45) is 0 Å². The molecular weight excluding hydrogens is 182 g/mol. The average Bonchev–Trinajstić information content (AvgIpc) is 2.44. The van der Waals surface area contributed by atoms with Crippen LogP contribution in [0, 0.1) is 0 Å². The van der Waals surface area contributed by atoms with Gasteiger partial charge in [-0.05, 0) is 12.1 Å². The van der Waals surface area contributed by atoms with Gasteiger partial charge in [-0.15, -0.1) is 0 Å². The summed E-state index contributed by atoms with van der Waals surface area (Å²) in [7, 11) is 0. The Morgan fingerprint density at radius 3 is 2.86 bits per heavy atom. The molecule has 4 heteroatoms. The van der Waals surface area contributed by atoms with Gasteiger partial charge in [-0.25, -0.2) is 4.79 Å². The molecule has 4 nitrogen and oxygen atoms in total. The lowest BCUT2D eigenvalue weighted by atomic mass is 10.2. The minimum Gasteiger partial charge on any atom is -0.506 e. The van der Waals surface area contributed by atoms with E-state index in [9.17, 15) is 9.90 Å². The molecule has 0 unspecified atom stereocenters. The summed E-state index contributed by atoms with van der Waals surface area (Å²) in [5.41, 5.74) is 0.667. The molecule has 0 spiro atoms. The van der Waals surface area contributed by atoms with E-state index in [-0.39, 0.29) is 5.75 Å². The Balaban J connectivity index is 2.60. The fourth-order valence-corrected chi connectivity index (χ4v) is 1.35. The molecule has 0 atom stereocenters. The molecule has 0 aliphatic heterocycles. The third-order valence-electron chi connectivity index (χ3n) is 1.88. The highest BCUT2D eigenvalue weighted by molar-refractivity contribution is 5.86. The van der Waals surface area contributed by atoms with Crippen molar-refractivity contribution < 1.29 is 14.7 Å². The van der Waals surface area contributed by atoms with Gasteiger partial charge >= 0.3 is 5.97 Å². The lowest BCUT2D eigenvalue weighted by molar-refractivity contribution is -0.140. The van der Waals surface area contributed by atoms with Crippen LogP contribution in [-0.4, -0.2) is 15.8 Å². The van der Waals surface area contributed by atoms with Crippen LogP contribution in [0.3, 0.4) is 0 Å². The minimum absolute atomic E-state index is 0.0989. The van der Waals surface area contributed by atoms with Gasteiger partial charge in [0, 0.05) is 12.3 Å². The SMILES string of the molecule is CC(=O)On1cc(O)c2ccccc21. The molecule has 72 valence electrons. The maximum Gasteiger partial charge on any atom is 0.329 e. The summed E-state index contributed by atoms with van der Waals surface area (Å²) in [5.74, 6) is -0.326. The molecule has 2 rings (SSSR count). The first-order valence-electron chi connectivity index (χ1n) is 4.16. The second-order valence-corrected chi connectivity index (χ2v) is 2.94. The predicted octanol–water partition coefficient (Wildman–Crippen LogP) is 1.32. The third-order valence-corrected chi connectivity index (χ3v) is 1.88. The van der Waals surface area contributed by atoms with Crippen LogP contribution in [0.4, 0.5) is 0 Å². The summed E-state index contributed by atoms with van der Waals surface area (Å²) >= 11 is 0. The fraction of sp³-hybridized carbons (Fsp3) is 0.100. The monoisotopic (exact) mass is 191 g/mol. The Hall–Kier alpha value is -1.97. The summed E-state index contributed by atoms with van der Waals surface area (Å²) in [6, 6.07) is 7.13. The fourth-order valence-electron chi connectivity index (χ4n) is 1.35. The number of carbonyl (C=O) groups excluding carboxylic acids is 1. The molecule has 0 saturated carbocycles. The number of rotatable bonds is 1. The maximum atomic E-state index is 10.7. The number of nitrogens with zero attached hydrogens (tertiary/aromatic N) is 1. The van der Waals surface area contributed by atoms with E-state index in [4.69, 9.17) is 4.84 Å². The third kappa shape index (κ3) is 1.31. The van der Waals surface area contributed by atoms with Crippen molar-refractivity contribution in [3.05, 3.63) is 30.5 Å². The van der Waals surface area contributed by atoms with Gasteiger partial charge in [0.05, 0.1) is 11.7 Å². The molecule has 1 heterocycles. The van der Waals surface area contributed by atoms with Gasteiger partial charge < -0.3 is 9.94 Å². The van der Waals surface area contributed by atoms with Gasteiger partial charge in [0.1, 0.15) is 5.75 Å². The largest absolute Gasteiger partial charge is 0.506 e. The Morgan fingerprint density at radius 1 is 1.43 bits per heavy atom. The molecule has 0 radical (unpaired) electrons. The van der Waals surface area contributed by atoms with Crippen LogP contribution >= 0.6 is 0 Å². The standard InChI is InChI=1S/C10H9NO3/c1-7(12)14-11-6-10(13)8-4-2-3-5-9(8)11/h2-6,13H,1H3. The molecule has 0 aliphatic carbocycles. The van der Waals surface area contributed by atoms with Gasteiger partial charge in [0.2, 0.25) is 0 Å². The molecule has 1 aromatic carbocycles. The zero-order valence-electron chi connectivity index (χ0n) is 7.60. The Morgan fingerprint density at radius 2 is 2.14 bits per heavy atom. The predicted molar refractivity (Wildman–Crippen MR) is 50.9 cm³/mol. The van der Waals surface area contributed by atoms with Crippen molar-refractivity contribution in [2.45, 2.75) is 6.92 Å². The quantitative estimate of drug-likeness (QED) is 0.739. The molecule has 0 fully saturated rings. The second-order valence-electron chi connectivity index (χ2n) is 2.94. The Kier molecular flexibility index (Phi) is 1.89. The summed E-state index contributed by atoms with van der Waals surface area (Å²) < 4.78 is 1.26. The van der Waals surface area contributed by atoms with Gasteiger partial charge in [-0.3, -0.25) is 0 Å². The summed E-state index contributed by atoms with van der Waals surface area (Å²) in [6.07, 6.45) is 1.37. The van der Waals surface area contributed by atoms with E-state index in [1.165, 1.54) is 17.9 Å². The number of fused-ring (bicyclic) bond motifs is 1. The lowest BCUT2D eigenvalue weighted by Gasteiger charge is -2.01. The van der Waals surface area contributed by atoms with E-state index in [2.05, 4.69) is 0 Å². The zero-order valence-corrected chi connectivity index (χ0v) is 7.60. The van der Waals surface area contributed by atoms with Gasteiger partial charge in [0.15, 0.2) is 0 Å². The lowest BCUT2D eigenvalue weighted by Crippen LogP contribution is -2.14. The number of aromatic hydroxyl groups is 1. The topological polar surface area (TPSA) is 51.5 Å². The van der Waals surface area contributed by atoms with E-state index in [1.807, 2.05) is 6.07 Å². The normalized spacial score (nSPS) is 10.4. The van der Waals surface area contributed by atoms with Crippen LogP contribution in [0.15, 0.2) is 30.5 Å². The molecule has 1 N–H and O–H groups in total. The first-order chi connectivity index (χ1) is 6.68. The highest BCUT2D eigenvalue weighted by Gasteiger charge is 2.08. The Bertz CT molecular complexity index is 487. The number of hydrogen-bond acceptors (Lipinski definition) is 3. The van der Waals surface area contributed by atoms with E-state index in [0.29, 0.717) is 10.9 Å². The van der Waals surface area contributed by atoms with Crippen LogP contribution < -0.4 is 4.84 Å². The first kappa shape index (κ1) is 8.62. The summed E-state index contributed by atoms with van der Waals surface area (Å²) in [5, 5.41) is 10.2. The number of para-hydroxylation sites is 1. The summed E-state index contributed by atoms with van der Waals surface area (Å²) in [4.78, 5) is 15.6. The molecule has 2 aromatic rings. The van der Waals surface area contributed by atoms with Crippen molar-refractivity contribution >= 4 is 16.9 Å². The van der Waals surface area contributed by atoms with Crippen LogP contribution in [0.5, 0.6) is 5.75 Å². The van der Waals surface area contributed by atoms with Crippen LogP contribution in [-0.2, 0) is 4.79 Å². The Labute approximate surface area is 80.3 Å². The first-order valence-corrected chi connectivity index (χ1v) is 4.16. The van der Waals surface area contributed by atoms with Crippen LogP contribution in [0.25, 0.3) is 10.9 Å². The number of hydrogen-bond donors (Lipinski definition) is 1. The maximum absolute atomic E-state index is 10.7. The molecule has 0 amide bonds. The van der Waals surface area contributed by atoms with E-state index in [1.54, 1.807) is 18.2 Å². The zero-order chi connectivity index (χ0) is 10.1. The van der Waals surface area contributed by atoms with E-state index < -0.39 is 5.97 Å². The van der Waals surface area contributed by atoms with Crippen molar-refractivity contribution in [1.29, 1.82) is 0 Å². The molecule has 1 aromatic heterocycles. The van der Waals surface area contributed by atoms with Gasteiger partial charge in [-0.1, -0.05) is 12.1 Å². The smallest absolute Gasteiger partial charge is 0.329 e. The van der Waals surface area contributed by atoms with E-state index >= 15 is 0 Å². The average molecular weight is 191 g/mol. The summed E-state index contributed by atoms with van der Waals surface area (Å²) in [6.45, 7) is 1.31. The van der Waals surface area contributed by atoms with Crippen LogP contribution in [0.1, 0.15) is 6.92 Å². The van der Waals surface area contributed by atoms with Crippen LogP contribution in [0.2, 0.25) is 0 Å².